The highest BCUT2D eigenvalue weighted by molar-refractivity contribution is 5.90. The maximum absolute atomic E-state index is 4.37. The van der Waals surface area contributed by atoms with E-state index in [0.717, 1.165) is 18.7 Å². The number of anilines is 1. The van der Waals surface area contributed by atoms with E-state index in [1.54, 1.807) is 0 Å². The molecule has 1 aliphatic heterocycles. The molecule has 3 aromatic rings. The predicted octanol–water partition coefficient (Wildman–Crippen LogP) is 4.73. The third-order valence-corrected chi connectivity index (χ3v) is 4.74. The van der Waals surface area contributed by atoms with Crippen molar-refractivity contribution in [2.45, 2.75) is 19.9 Å². The fourth-order valence-electron chi connectivity index (χ4n) is 3.52. The Morgan fingerprint density at radius 2 is 2.00 bits per heavy atom. The number of fused-ring (bicyclic) bond motifs is 2. The molecule has 2 heteroatoms. The Bertz CT molecular complexity index is 886. The molecule has 0 saturated heterocycles. The molecule has 0 spiro atoms. The maximum atomic E-state index is 4.37. The van der Waals surface area contributed by atoms with Gasteiger partial charge in [0, 0.05) is 42.3 Å². The molecular formula is C20H20N2. The summed E-state index contributed by atoms with van der Waals surface area (Å²) in [6, 6.07) is 15.4. The minimum Gasteiger partial charge on any atom is -0.350 e. The molecule has 0 saturated carbocycles. The van der Waals surface area contributed by atoms with E-state index in [9.17, 15) is 0 Å². The topological polar surface area (TPSA) is 8.17 Å². The van der Waals surface area contributed by atoms with Gasteiger partial charge in [-0.1, -0.05) is 37.8 Å². The Kier molecular flexibility index (Phi) is 2.86. The Morgan fingerprint density at radius 3 is 2.82 bits per heavy atom. The molecule has 0 unspecified atom stereocenters. The third-order valence-electron chi connectivity index (χ3n) is 4.74. The molecule has 1 aromatic heterocycles. The van der Waals surface area contributed by atoms with E-state index < -0.39 is 0 Å². The van der Waals surface area contributed by atoms with Crippen LogP contribution in [0.4, 0.5) is 5.69 Å². The summed E-state index contributed by atoms with van der Waals surface area (Å²) in [5.41, 5.74) is 7.73. The quantitative estimate of drug-likeness (QED) is 0.661. The van der Waals surface area contributed by atoms with Crippen LogP contribution in [0.15, 0.2) is 55.2 Å². The van der Waals surface area contributed by atoms with Gasteiger partial charge >= 0.3 is 0 Å². The van der Waals surface area contributed by atoms with Crippen LogP contribution in [0.2, 0.25) is 0 Å². The zero-order valence-electron chi connectivity index (χ0n) is 13.1. The highest BCUT2D eigenvalue weighted by Gasteiger charge is 2.25. The van der Waals surface area contributed by atoms with E-state index in [4.69, 9.17) is 0 Å². The molecule has 0 fully saturated rings. The average molecular weight is 288 g/mol. The number of rotatable bonds is 2. The molecule has 2 heterocycles. The van der Waals surface area contributed by atoms with Crippen LogP contribution in [0, 0.1) is 0 Å². The van der Waals surface area contributed by atoms with Gasteiger partial charge in [-0.15, -0.1) is 0 Å². The van der Waals surface area contributed by atoms with Gasteiger partial charge in [-0.3, -0.25) is 0 Å². The summed E-state index contributed by atoms with van der Waals surface area (Å²) in [4.78, 5) is 2.33. The van der Waals surface area contributed by atoms with Crippen LogP contribution in [-0.2, 0) is 20.0 Å². The SMILES string of the molecule is C=C1c2c(CC)cccc2CN1c1ccc2ccn(C)c2c1. The molecule has 22 heavy (non-hydrogen) atoms. The highest BCUT2D eigenvalue weighted by atomic mass is 15.2. The van der Waals surface area contributed by atoms with Crippen molar-refractivity contribution < 1.29 is 0 Å². The molecule has 0 atom stereocenters. The second kappa shape index (κ2) is 4.77. The van der Waals surface area contributed by atoms with Crippen molar-refractivity contribution in [3.05, 3.63) is 71.9 Å². The normalized spacial score (nSPS) is 13.9. The van der Waals surface area contributed by atoms with E-state index in [1.165, 1.54) is 33.3 Å². The monoisotopic (exact) mass is 288 g/mol. The first-order valence-corrected chi connectivity index (χ1v) is 7.81. The first-order chi connectivity index (χ1) is 10.7. The van der Waals surface area contributed by atoms with Crippen LogP contribution in [0.25, 0.3) is 16.6 Å². The fourth-order valence-corrected chi connectivity index (χ4v) is 3.52. The van der Waals surface area contributed by atoms with Gasteiger partial charge in [0.2, 0.25) is 0 Å². The summed E-state index contributed by atoms with van der Waals surface area (Å²) < 4.78 is 2.17. The van der Waals surface area contributed by atoms with Gasteiger partial charge in [0.1, 0.15) is 0 Å². The van der Waals surface area contributed by atoms with Crippen LogP contribution >= 0.6 is 0 Å². The molecule has 0 aliphatic carbocycles. The van der Waals surface area contributed by atoms with Crippen molar-refractivity contribution in [3.8, 4) is 0 Å². The molecule has 4 rings (SSSR count). The van der Waals surface area contributed by atoms with Crippen molar-refractivity contribution >= 4 is 22.3 Å². The van der Waals surface area contributed by atoms with Crippen molar-refractivity contribution in [2.24, 2.45) is 7.05 Å². The molecular weight excluding hydrogens is 268 g/mol. The Hall–Kier alpha value is -2.48. The molecule has 0 amide bonds. The Balaban J connectivity index is 1.80. The van der Waals surface area contributed by atoms with Gasteiger partial charge in [-0.2, -0.15) is 0 Å². The van der Waals surface area contributed by atoms with Crippen molar-refractivity contribution in [1.82, 2.24) is 4.57 Å². The van der Waals surface area contributed by atoms with Gasteiger partial charge in [0.25, 0.3) is 0 Å². The summed E-state index contributed by atoms with van der Waals surface area (Å²) in [6.07, 6.45) is 3.16. The fraction of sp³-hybridized carbons (Fsp3) is 0.200. The van der Waals surface area contributed by atoms with Crippen molar-refractivity contribution in [1.29, 1.82) is 0 Å². The third kappa shape index (κ3) is 1.80. The Labute approximate surface area is 131 Å². The first-order valence-electron chi connectivity index (χ1n) is 7.81. The zero-order chi connectivity index (χ0) is 15.3. The molecule has 2 nitrogen and oxygen atoms in total. The van der Waals surface area contributed by atoms with E-state index in [0.29, 0.717) is 0 Å². The minimum absolute atomic E-state index is 0.915. The van der Waals surface area contributed by atoms with Crippen LogP contribution in [-0.4, -0.2) is 4.57 Å². The average Bonchev–Trinajstić information content (AvgIpc) is 3.08. The number of hydrogen-bond donors (Lipinski definition) is 0. The van der Waals surface area contributed by atoms with E-state index in [1.807, 2.05) is 0 Å². The number of aromatic nitrogens is 1. The molecule has 0 bridgehead atoms. The lowest BCUT2D eigenvalue weighted by Crippen LogP contribution is -2.13. The van der Waals surface area contributed by atoms with E-state index >= 15 is 0 Å². The second-order valence-electron chi connectivity index (χ2n) is 6.01. The predicted molar refractivity (Wildman–Crippen MR) is 94.0 cm³/mol. The summed E-state index contributed by atoms with van der Waals surface area (Å²) in [7, 11) is 2.09. The highest BCUT2D eigenvalue weighted by Crippen LogP contribution is 2.38. The van der Waals surface area contributed by atoms with E-state index in [2.05, 4.69) is 78.7 Å². The summed E-state index contributed by atoms with van der Waals surface area (Å²) in [5.74, 6) is 0. The molecule has 1 aliphatic rings. The summed E-state index contributed by atoms with van der Waals surface area (Å²) >= 11 is 0. The van der Waals surface area contributed by atoms with Gasteiger partial charge < -0.3 is 9.47 Å². The largest absolute Gasteiger partial charge is 0.350 e. The van der Waals surface area contributed by atoms with Gasteiger partial charge in [0.05, 0.1) is 0 Å². The van der Waals surface area contributed by atoms with Crippen LogP contribution in [0.5, 0.6) is 0 Å². The number of hydrogen-bond acceptors (Lipinski definition) is 1. The van der Waals surface area contributed by atoms with Crippen LogP contribution in [0.1, 0.15) is 23.6 Å². The van der Waals surface area contributed by atoms with Crippen molar-refractivity contribution in [2.75, 3.05) is 4.90 Å². The maximum Gasteiger partial charge on any atom is 0.0498 e. The van der Waals surface area contributed by atoms with Gasteiger partial charge in [-0.05, 0) is 41.1 Å². The molecule has 2 aromatic carbocycles. The molecule has 0 N–H and O–H groups in total. The number of aryl methyl sites for hydroxylation is 2. The molecule has 0 radical (unpaired) electrons. The zero-order valence-corrected chi connectivity index (χ0v) is 13.1. The first kappa shape index (κ1) is 13.2. The lowest BCUT2D eigenvalue weighted by atomic mass is 10.0. The van der Waals surface area contributed by atoms with Gasteiger partial charge in [0.15, 0.2) is 0 Å². The number of benzene rings is 2. The smallest absolute Gasteiger partial charge is 0.0498 e. The standard InChI is InChI=1S/C20H20N2/c1-4-15-6-5-7-17-13-22(14(2)20(15)17)18-9-8-16-10-11-21(3)19(16)12-18/h5-12H,2,4,13H2,1,3H3. The van der Waals surface area contributed by atoms with Gasteiger partial charge in [-0.25, -0.2) is 0 Å². The lowest BCUT2D eigenvalue weighted by Gasteiger charge is -2.20. The second-order valence-corrected chi connectivity index (χ2v) is 6.01. The lowest BCUT2D eigenvalue weighted by molar-refractivity contribution is 0.967. The number of nitrogens with zero attached hydrogens (tertiary/aromatic N) is 2. The van der Waals surface area contributed by atoms with Crippen LogP contribution in [0.3, 0.4) is 0 Å². The van der Waals surface area contributed by atoms with Crippen LogP contribution < -0.4 is 4.90 Å². The van der Waals surface area contributed by atoms with Crippen molar-refractivity contribution in [3.63, 3.8) is 0 Å². The molecule has 110 valence electrons. The van der Waals surface area contributed by atoms with E-state index in [-0.39, 0.29) is 0 Å². The summed E-state index contributed by atoms with van der Waals surface area (Å²) in [5, 5.41) is 1.28. The Morgan fingerprint density at radius 1 is 1.14 bits per heavy atom. The summed E-state index contributed by atoms with van der Waals surface area (Å²) in [6.45, 7) is 7.50. The minimum atomic E-state index is 0.915.